The molecule has 0 bridgehead atoms. The van der Waals surface area contributed by atoms with Gasteiger partial charge in [0.05, 0.1) is 12.2 Å². The first-order chi connectivity index (χ1) is 13.4. The van der Waals surface area contributed by atoms with E-state index in [9.17, 15) is 19.5 Å². The van der Waals surface area contributed by atoms with E-state index in [1.807, 2.05) is 0 Å². The molecular weight excluding hydrogens is 364 g/mol. The van der Waals surface area contributed by atoms with Gasteiger partial charge in [-0.2, -0.15) is 0 Å². The molecule has 2 amide bonds. The molecule has 8 heteroatoms. The van der Waals surface area contributed by atoms with Crippen molar-refractivity contribution in [1.82, 2.24) is 10.6 Å². The fourth-order valence-corrected chi connectivity index (χ4v) is 4.81. The van der Waals surface area contributed by atoms with Crippen molar-refractivity contribution in [2.75, 3.05) is 6.61 Å². The van der Waals surface area contributed by atoms with E-state index in [0.29, 0.717) is 6.42 Å². The topological polar surface area (TPSA) is 118 Å². The van der Waals surface area contributed by atoms with Crippen LogP contribution >= 0.6 is 0 Å². The Morgan fingerprint density at radius 2 is 1.86 bits per heavy atom. The summed E-state index contributed by atoms with van der Waals surface area (Å²) in [4.78, 5) is 35.4. The molecule has 1 unspecified atom stereocenters. The van der Waals surface area contributed by atoms with Crippen LogP contribution in [0.3, 0.4) is 0 Å². The van der Waals surface area contributed by atoms with Crippen LogP contribution in [0.2, 0.25) is 0 Å². The lowest BCUT2D eigenvalue weighted by atomic mass is 9.52. The molecule has 1 aromatic heterocycles. The van der Waals surface area contributed by atoms with Crippen LogP contribution in [0.25, 0.3) is 0 Å². The quantitative estimate of drug-likeness (QED) is 0.677. The molecule has 28 heavy (non-hydrogen) atoms. The Balaban J connectivity index is 1.15. The molecule has 1 atom stereocenters. The van der Waals surface area contributed by atoms with Gasteiger partial charge in [0.15, 0.2) is 5.76 Å². The van der Waals surface area contributed by atoms with Crippen LogP contribution < -0.4 is 16.3 Å². The van der Waals surface area contributed by atoms with Gasteiger partial charge in [0.2, 0.25) is 5.91 Å². The van der Waals surface area contributed by atoms with Gasteiger partial charge in [-0.15, -0.1) is 0 Å². The first-order valence-electron chi connectivity index (χ1n) is 9.97. The number of carbonyl (C=O) groups excluding carboxylic acids is 2. The van der Waals surface area contributed by atoms with Gasteiger partial charge in [-0.3, -0.25) is 9.59 Å². The average molecular weight is 390 g/mol. The molecule has 1 spiro atoms. The Kier molecular flexibility index (Phi) is 5.14. The maximum absolute atomic E-state index is 12.1. The number of carbonyl (C=O) groups is 2. The Bertz CT molecular complexity index is 799. The minimum absolute atomic E-state index is 0.0244. The van der Waals surface area contributed by atoms with Crippen LogP contribution in [0.5, 0.6) is 5.75 Å². The van der Waals surface area contributed by atoms with Gasteiger partial charge < -0.3 is 24.9 Å². The lowest BCUT2D eigenvalue weighted by Crippen LogP contribution is -2.61. The number of aromatic hydroxyl groups is 1. The summed E-state index contributed by atoms with van der Waals surface area (Å²) in [6.07, 6.45) is 7.27. The molecule has 0 radical (unpaired) electrons. The van der Waals surface area contributed by atoms with Gasteiger partial charge in [0.25, 0.3) is 5.91 Å². The molecule has 2 aliphatic carbocycles. The number of hydrogen-bond donors (Lipinski definition) is 3. The summed E-state index contributed by atoms with van der Waals surface area (Å²) in [6, 6.07) is 2.30. The Labute approximate surface area is 162 Å². The maximum Gasteiger partial charge on any atom is 0.340 e. The van der Waals surface area contributed by atoms with Crippen molar-refractivity contribution in [3.63, 3.8) is 0 Å². The average Bonchev–Trinajstić information content (AvgIpc) is 3.08. The second kappa shape index (κ2) is 7.58. The van der Waals surface area contributed by atoms with Crippen LogP contribution in [0.15, 0.2) is 21.3 Å². The van der Waals surface area contributed by atoms with Crippen LogP contribution in [-0.2, 0) is 9.53 Å². The van der Waals surface area contributed by atoms with E-state index in [1.54, 1.807) is 0 Å². The molecular formula is C20H26N2O6. The highest BCUT2D eigenvalue weighted by molar-refractivity contribution is 5.91. The van der Waals surface area contributed by atoms with Gasteiger partial charge in [-0.1, -0.05) is 0 Å². The molecule has 152 valence electrons. The van der Waals surface area contributed by atoms with Crippen molar-refractivity contribution in [2.24, 2.45) is 5.41 Å². The van der Waals surface area contributed by atoms with E-state index in [4.69, 9.17) is 9.15 Å². The monoisotopic (exact) mass is 390 g/mol. The van der Waals surface area contributed by atoms with Crippen LogP contribution in [-0.4, -0.2) is 41.7 Å². The summed E-state index contributed by atoms with van der Waals surface area (Å²) in [5.41, 5.74) is -0.559. The number of rotatable bonds is 6. The van der Waals surface area contributed by atoms with Gasteiger partial charge in [0.1, 0.15) is 5.75 Å². The van der Waals surface area contributed by atoms with Gasteiger partial charge in [-0.25, -0.2) is 4.79 Å². The van der Waals surface area contributed by atoms with Crippen molar-refractivity contribution in [3.8, 4) is 5.75 Å². The number of hydrogen-bond acceptors (Lipinski definition) is 6. The zero-order chi connectivity index (χ0) is 19.7. The first-order valence-corrected chi connectivity index (χ1v) is 9.97. The van der Waals surface area contributed by atoms with E-state index in [-0.39, 0.29) is 41.0 Å². The normalized spacial score (nSPS) is 31.1. The predicted octanol–water partition coefficient (Wildman–Crippen LogP) is 1.46. The minimum Gasteiger partial charge on any atom is -0.508 e. The van der Waals surface area contributed by atoms with Crippen molar-refractivity contribution in [1.29, 1.82) is 0 Å². The van der Waals surface area contributed by atoms with E-state index in [2.05, 4.69) is 10.6 Å². The van der Waals surface area contributed by atoms with E-state index >= 15 is 0 Å². The summed E-state index contributed by atoms with van der Waals surface area (Å²) >= 11 is 0. The van der Waals surface area contributed by atoms with Gasteiger partial charge in [-0.05, 0) is 50.4 Å². The molecule has 3 fully saturated rings. The zero-order valence-corrected chi connectivity index (χ0v) is 15.7. The molecule has 0 aromatic carbocycles. The molecule has 3 aliphatic rings. The molecule has 1 aliphatic heterocycles. The second-order valence-corrected chi connectivity index (χ2v) is 8.42. The fraction of sp³-hybridized carbons (Fsp3) is 0.650. The Morgan fingerprint density at radius 1 is 1.14 bits per heavy atom. The Hall–Kier alpha value is -2.35. The third-order valence-corrected chi connectivity index (χ3v) is 6.11. The molecule has 1 saturated heterocycles. The minimum atomic E-state index is -0.757. The van der Waals surface area contributed by atoms with Crippen LogP contribution in [0.4, 0.5) is 0 Å². The largest absolute Gasteiger partial charge is 0.508 e. The highest BCUT2D eigenvalue weighted by atomic mass is 16.5. The van der Waals surface area contributed by atoms with E-state index in [1.165, 1.54) is 0 Å². The number of amides is 2. The third-order valence-electron chi connectivity index (χ3n) is 6.11. The van der Waals surface area contributed by atoms with Crippen LogP contribution in [0, 0.1) is 5.41 Å². The molecule has 2 saturated carbocycles. The van der Waals surface area contributed by atoms with E-state index in [0.717, 1.165) is 63.7 Å². The van der Waals surface area contributed by atoms with Crippen molar-refractivity contribution >= 4 is 11.8 Å². The SMILES string of the molecule is O=C(CCC1CCCO1)NC1CC2(C1)CC(NC(=O)c1cc(O)cc(=O)o1)C2. The summed E-state index contributed by atoms with van der Waals surface area (Å²) in [5.74, 6) is -0.871. The van der Waals surface area contributed by atoms with Gasteiger partial charge >= 0.3 is 5.63 Å². The number of nitrogens with one attached hydrogen (secondary N) is 2. The van der Waals surface area contributed by atoms with Crippen molar-refractivity contribution < 1.29 is 23.8 Å². The fourth-order valence-electron chi connectivity index (χ4n) is 4.81. The standard InChI is InChI=1S/C20H26N2O6/c23-14-6-16(28-18(25)7-14)19(26)22-13-10-20(11-13)8-12(9-20)21-17(24)4-3-15-2-1-5-27-15/h6-7,12-13,15,23H,1-5,8-11H2,(H,21,24)(H,22,26). The lowest BCUT2D eigenvalue weighted by molar-refractivity contribution is -0.125. The summed E-state index contributed by atoms with van der Waals surface area (Å²) in [7, 11) is 0. The highest BCUT2D eigenvalue weighted by Crippen LogP contribution is 2.55. The molecule has 1 aromatic rings. The number of ether oxygens (including phenoxy) is 1. The summed E-state index contributed by atoms with van der Waals surface area (Å²) in [5, 5.41) is 15.3. The predicted molar refractivity (Wildman–Crippen MR) is 98.9 cm³/mol. The van der Waals surface area contributed by atoms with Gasteiger partial charge in [0, 0.05) is 31.2 Å². The summed E-state index contributed by atoms with van der Waals surface area (Å²) in [6.45, 7) is 0.812. The second-order valence-electron chi connectivity index (χ2n) is 8.42. The molecule has 2 heterocycles. The molecule has 4 rings (SSSR count). The lowest BCUT2D eigenvalue weighted by Gasteiger charge is -2.57. The third kappa shape index (κ3) is 4.22. The smallest absolute Gasteiger partial charge is 0.340 e. The zero-order valence-electron chi connectivity index (χ0n) is 15.7. The molecule has 3 N–H and O–H groups in total. The maximum atomic E-state index is 12.1. The highest BCUT2D eigenvalue weighted by Gasteiger charge is 2.53. The summed E-state index contributed by atoms with van der Waals surface area (Å²) < 4.78 is 10.4. The first kappa shape index (κ1) is 19.0. The Morgan fingerprint density at radius 3 is 2.50 bits per heavy atom. The van der Waals surface area contributed by atoms with E-state index < -0.39 is 11.5 Å². The van der Waals surface area contributed by atoms with Crippen molar-refractivity contribution in [2.45, 2.75) is 69.6 Å². The van der Waals surface area contributed by atoms with Crippen LogP contribution in [0.1, 0.15) is 61.9 Å². The molecule has 8 nitrogen and oxygen atoms in total. The van der Waals surface area contributed by atoms with Crippen molar-refractivity contribution in [3.05, 3.63) is 28.3 Å².